The molecule has 0 radical (unpaired) electrons. The Morgan fingerprint density at radius 3 is 2.89 bits per heavy atom. The van der Waals surface area contributed by atoms with Gasteiger partial charge in [0, 0.05) is 12.6 Å². The molecule has 1 N–H and O–H groups in total. The van der Waals surface area contributed by atoms with Crippen LogP contribution in [0.5, 0.6) is 0 Å². The molecule has 3 rings (SSSR count). The zero-order valence-corrected chi connectivity index (χ0v) is 14.2. The zero-order valence-electron chi connectivity index (χ0n) is 14.2. The number of hydrogen-bond acceptors (Lipinski definition) is 5. The SMILES string of the molecule is CNC(=O)[C@H]1CN(Cc2cncc(-c3ccc(F)c(C(F)F)c3)n2)C(=O)O1. The fourth-order valence-corrected chi connectivity index (χ4v) is 2.62. The monoisotopic (exact) mass is 380 g/mol. The minimum atomic E-state index is -2.96. The van der Waals surface area contributed by atoms with Crippen molar-refractivity contribution in [3.05, 3.63) is 47.7 Å². The van der Waals surface area contributed by atoms with Gasteiger partial charge in [0.05, 0.1) is 42.4 Å². The molecular weight excluding hydrogens is 365 g/mol. The van der Waals surface area contributed by atoms with Crippen LogP contribution in [-0.4, -0.2) is 46.6 Å². The summed E-state index contributed by atoms with van der Waals surface area (Å²) in [5.41, 5.74) is 0.166. The molecule has 1 aromatic heterocycles. The van der Waals surface area contributed by atoms with Gasteiger partial charge in [-0.05, 0) is 18.2 Å². The highest BCUT2D eigenvalue weighted by molar-refractivity contribution is 5.86. The fraction of sp³-hybridized carbons (Fsp3) is 0.294. The van der Waals surface area contributed by atoms with E-state index in [2.05, 4.69) is 15.3 Å². The molecule has 7 nitrogen and oxygen atoms in total. The van der Waals surface area contributed by atoms with Crippen molar-refractivity contribution < 1.29 is 27.5 Å². The first kappa shape index (κ1) is 18.6. The van der Waals surface area contributed by atoms with Crippen molar-refractivity contribution in [1.82, 2.24) is 20.2 Å². The van der Waals surface area contributed by atoms with Crippen molar-refractivity contribution in [2.24, 2.45) is 0 Å². The highest BCUT2D eigenvalue weighted by Gasteiger charge is 2.35. The number of cyclic esters (lactones) is 1. The predicted octanol–water partition coefficient (Wildman–Crippen LogP) is 2.29. The van der Waals surface area contributed by atoms with E-state index in [0.717, 1.165) is 12.1 Å². The molecule has 1 aromatic carbocycles. The molecule has 1 aliphatic rings. The maximum atomic E-state index is 13.5. The molecule has 0 unspecified atom stereocenters. The predicted molar refractivity (Wildman–Crippen MR) is 87.1 cm³/mol. The third-order valence-electron chi connectivity index (χ3n) is 3.99. The molecule has 2 aromatic rings. The van der Waals surface area contributed by atoms with E-state index in [1.54, 1.807) is 0 Å². The van der Waals surface area contributed by atoms with Crippen LogP contribution in [0.1, 0.15) is 17.7 Å². The number of halogens is 3. The van der Waals surface area contributed by atoms with Gasteiger partial charge in [-0.25, -0.2) is 22.9 Å². The number of nitrogens with zero attached hydrogens (tertiary/aromatic N) is 3. The number of hydrogen-bond donors (Lipinski definition) is 1. The van der Waals surface area contributed by atoms with E-state index in [9.17, 15) is 22.8 Å². The Bertz CT molecular complexity index is 878. The summed E-state index contributed by atoms with van der Waals surface area (Å²) in [4.78, 5) is 33.0. The lowest BCUT2D eigenvalue weighted by atomic mass is 10.1. The van der Waals surface area contributed by atoms with Crippen LogP contribution in [0.25, 0.3) is 11.3 Å². The highest BCUT2D eigenvalue weighted by Crippen LogP contribution is 2.27. The molecule has 2 amide bonds. The molecule has 1 aliphatic heterocycles. The summed E-state index contributed by atoms with van der Waals surface area (Å²) in [7, 11) is 1.43. The van der Waals surface area contributed by atoms with Gasteiger partial charge in [0.1, 0.15) is 5.82 Å². The van der Waals surface area contributed by atoms with Crippen LogP contribution in [0.2, 0.25) is 0 Å². The Morgan fingerprint density at radius 1 is 1.41 bits per heavy atom. The van der Waals surface area contributed by atoms with Crippen molar-refractivity contribution in [2.75, 3.05) is 13.6 Å². The fourth-order valence-electron chi connectivity index (χ4n) is 2.62. The smallest absolute Gasteiger partial charge is 0.411 e. The van der Waals surface area contributed by atoms with Crippen molar-refractivity contribution in [1.29, 1.82) is 0 Å². The molecule has 142 valence electrons. The van der Waals surface area contributed by atoms with Crippen LogP contribution in [0.15, 0.2) is 30.6 Å². The molecule has 0 saturated carbocycles. The Hall–Kier alpha value is -3.17. The lowest BCUT2D eigenvalue weighted by Gasteiger charge is -2.13. The van der Waals surface area contributed by atoms with Crippen LogP contribution in [-0.2, 0) is 16.1 Å². The van der Waals surface area contributed by atoms with Gasteiger partial charge in [-0.3, -0.25) is 14.7 Å². The summed E-state index contributed by atoms with van der Waals surface area (Å²) < 4.78 is 44.2. The normalized spacial score (nSPS) is 16.6. The van der Waals surface area contributed by atoms with E-state index < -0.39 is 35.9 Å². The summed E-state index contributed by atoms with van der Waals surface area (Å²) in [6, 6.07) is 3.28. The molecule has 1 atom stereocenters. The van der Waals surface area contributed by atoms with Gasteiger partial charge in [0.15, 0.2) is 6.10 Å². The number of ether oxygens (including phenoxy) is 1. The number of benzene rings is 1. The second-order valence-corrected chi connectivity index (χ2v) is 5.80. The van der Waals surface area contributed by atoms with E-state index in [0.29, 0.717) is 5.69 Å². The number of aromatic nitrogens is 2. The summed E-state index contributed by atoms with van der Waals surface area (Å²) in [5.74, 6) is -1.42. The van der Waals surface area contributed by atoms with Gasteiger partial charge in [0.2, 0.25) is 0 Å². The van der Waals surface area contributed by atoms with E-state index in [-0.39, 0.29) is 24.3 Å². The van der Waals surface area contributed by atoms with Crippen molar-refractivity contribution >= 4 is 12.0 Å². The topological polar surface area (TPSA) is 84.4 Å². The Labute approximate surface area is 152 Å². The molecule has 0 bridgehead atoms. The largest absolute Gasteiger partial charge is 0.434 e. The van der Waals surface area contributed by atoms with Crippen LogP contribution >= 0.6 is 0 Å². The lowest BCUT2D eigenvalue weighted by molar-refractivity contribution is -0.127. The van der Waals surface area contributed by atoms with E-state index in [4.69, 9.17) is 4.74 Å². The Morgan fingerprint density at radius 2 is 2.19 bits per heavy atom. The first-order valence-corrected chi connectivity index (χ1v) is 7.95. The summed E-state index contributed by atoms with van der Waals surface area (Å²) in [6.07, 6.45) is -1.78. The summed E-state index contributed by atoms with van der Waals surface area (Å²) in [5, 5.41) is 2.40. The van der Waals surface area contributed by atoms with Crippen molar-refractivity contribution in [2.45, 2.75) is 19.1 Å². The van der Waals surface area contributed by atoms with E-state index in [1.165, 1.54) is 30.4 Å². The number of carbonyl (C=O) groups excluding carboxylic acids is 2. The second kappa shape index (κ2) is 7.60. The second-order valence-electron chi connectivity index (χ2n) is 5.80. The molecule has 27 heavy (non-hydrogen) atoms. The summed E-state index contributed by atoms with van der Waals surface area (Å²) in [6.45, 7) is 0.0760. The van der Waals surface area contributed by atoms with Crippen molar-refractivity contribution in [3.8, 4) is 11.3 Å². The van der Waals surface area contributed by atoms with Gasteiger partial charge in [-0.1, -0.05) is 0 Å². The van der Waals surface area contributed by atoms with Gasteiger partial charge < -0.3 is 10.1 Å². The standard InChI is InChI=1S/C17H15F3N4O3/c1-21-16(25)14-8-24(17(26)27-14)7-10-5-22-6-13(23-10)9-2-3-12(18)11(4-9)15(19)20/h2-6,14-15H,7-8H2,1H3,(H,21,25)/t14-/m1/s1. The first-order chi connectivity index (χ1) is 12.9. The zero-order chi connectivity index (χ0) is 19.6. The van der Waals surface area contributed by atoms with E-state index >= 15 is 0 Å². The maximum Gasteiger partial charge on any atom is 0.411 e. The number of carbonyl (C=O) groups is 2. The molecule has 1 fully saturated rings. The third-order valence-corrected chi connectivity index (χ3v) is 3.99. The average Bonchev–Trinajstić information content (AvgIpc) is 3.02. The molecule has 2 heterocycles. The first-order valence-electron chi connectivity index (χ1n) is 7.95. The number of amides is 2. The molecule has 10 heteroatoms. The summed E-state index contributed by atoms with van der Waals surface area (Å²) >= 11 is 0. The molecule has 1 saturated heterocycles. The van der Waals surface area contributed by atoms with Gasteiger partial charge in [0.25, 0.3) is 12.3 Å². The maximum absolute atomic E-state index is 13.5. The molecule has 0 aliphatic carbocycles. The molecular formula is C17H15F3N4O3. The van der Waals surface area contributed by atoms with Crippen molar-refractivity contribution in [3.63, 3.8) is 0 Å². The van der Waals surface area contributed by atoms with Gasteiger partial charge in [-0.2, -0.15) is 0 Å². The number of nitrogens with one attached hydrogen (secondary N) is 1. The Balaban J connectivity index is 1.80. The minimum absolute atomic E-state index is 0.0239. The number of likely N-dealkylation sites (N-methyl/N-ethyl adjacent to an activating group) is 1. The average molecular weight is 380 g/mol. The Kier molecular flexibility index (Phi) is 5.24. The van der Waals surface area contributed by atoms with E-state index in [1.807, 2.05) is 0 Å². The highest BCUT2D eigenvalue weighted by atomic mass is 19.3. The molecule has 0 spiro atoms. The number of rotatable bonds is 5. The minimum Gasteiger partial charge on any atom is -0.434 e. The van der Waals surface area contributed by atoms with Crippen LogP contribution < -0.4 is 5.32 Å². The van der Waals surface area contributed by atoms with Gasteiger partial charge >= 0.3 is 6.09 Å². The van der Waals surface area contributed by atoms with Crippen LogP contribution in [0.4, 0.5) is 18.0 Å². The number of alkyl halides is 2. The van der Waals surface area contributed by atoms with Crippen LogP contribution in [0.3, 0.4) is 0 Å². The van der Waals surface area contributed by atoms with Crippen LogP contribution in [0, 0.1) is 5.82 Å². The third kappa shape index (κ3) is 3.99. The lowest BCUT2D eigenvalue weighted by Crippen LogP contribution is -2.35. The van der Waals surface area contributed by atoms with Gasteiger partial charge in [-0.15, -0.1) is 0 Å². The quantitative estimate of drug-likeness (QED) is 0.860.